The van der Waals surface area contributed by atoms with Crippen LogP contribution in [0, 0.1) is 0 Å². The van der Waals surface area contributed by atoms with Crippen LogP contribution in [0.3, 0.4) is 0 Å². The molecule has 3 aromatic rings. The van der Waals surface area contributed by atoms with Crippen molar-refractivity contribution < 1.29 is 4.79 Å². The smallest absolute Gasteiger partial charge is 0.239 e. The highest BCUT2D eigenvalue weighted by molar-refractivity contribution is 8.01. The fourth-order valence-electron chi connectivity index (χ4n) is 2.09. The zero-order valence-electron chi connectivity index (χ0n) is 13.6. The third-order valence-electron chi connectivity index (χ3n) is 3.25. The Kier molecular flexibility index (Phi) is 6.00. The molecule has 0 bridgehead atoms. The normalized spacial score (nSPS) is 10.8. The molecule has 0 radical (unpaired) electrons. The van der Waals surface area contributed by atoms with Crippen molar-refractivity contribution in [2.45, 2.75) is 11.3 Å². The summed E-state index contributed by atoms with van der Waals surface area (Å²) in [6, 6.07) is 7.91. The molecule has 6 nitrogen and oxygen atoms in total. The van der Waals surface area contributed by atoms with Gasteiger partial charge in [0.25, 0.3) is 0 Å². The van der Waals surface area contributed by atoms with E-state index in [0.717, 1.165) is 24.8 Å². The highest BCUT2D eigenvalue weighted by atomic mass is 32.2. The third kappa shape index (κ3) is 4.36. The number of fused-ring (bicyclic) bond motifs is 1. The first kappa shape index (κ1) is 17.8. The summed E-state index contributed by atoms with van der Waals surface area (Å²) in [5.74, 6) is 0.321. The lowest BCUT2D eigenvalue weighted by Gasteiger charge is -2.16. The molecule has 0 aliphatic heterocycles. The van der Waals surface area contributed by atoms with Gasteiger partial charge in [0.05, 0.1) is 16.0 Å². The molecule has 0 fully saturated rings. The zero-order chi connectivity index (χ0) is 17.6. The van der Waals surface area contributed by atoms with Gasteiger partial charge in [-0.1, -0.05) is 52.6 Å². The molecule has 2 heterocycles. The molecule has 3 rings (SSSR count). The number of thiazole rings is 1. The van der Waals surface area contributed by atoms with Gasteiger partial charge in [-0.05, 0) is 19.1 Å². The van der Waals surface area contributed by atoms with Crippen molar-refractivity contribution in [2.24, 2.45) is 0 Å². The van der Waals surface area contributed by atoms with Crippen molar-refractivity contribution in [3.05, 3.63) is 36.9 Å². The predicted molar refractivity (Wildman–Crippen MR) is 107 cm³/mol. The lowest BCUT2D eigenvalue weighted by molar-refractivity contribution is -0.116. The molecule has 0 saturated heterocycles. The molecule has 25 heavy (non-hydrogen) atoms. The van der Waals surface area contributed by atoms with Crippen LogP contribution < -0.4 is 10.2 Å². The number of hydrogen-bond donors (Lipinski definition) is 1. The number of amides is 1. The van der Waals surface area contributed by atoms with E-state index in [4.69, 9.17) is 0 Å². The van der Waals surface area contributed by atoms with Crippen LogP contribution in [-0.2, 0) is 4.79 Å². The maximum atomic E-state index is 12.6. The molecule has 130 valence electrons. The first-order valence-corrected chi connectivity index (χ1v) is 10.3. The molecule has 0 unspecified atom stereocenters. The highest BCUT2D eigenvalue weighted by Crippen LogP contribution is 2.30. The fraction of sp³-hybridized carbons (Fsp3) is 0.250. The molecule has 2 aromatic heterocycles. The second-order valence-corrected chi connectivity index (χ2v) is 8.14. The quantitative estimate of drug-likeness (QED) is 0.464. The molecule has 0 atom stereocenters. The number of hydrogen-bond acceptors (Lipinski definition) is 8. The summed E-state index contributed by atoms with van der Waals surface area (Å²) in [7, 11) is 0. The van der Waals surface area contributed by atoms with Gasteiger partial charge in [0, 0.05) is 13.1 Å². The fourth-order valence-corrected chi connectivity index (χ4v) is 4.78. The summed E-state index contributed by atoms with van der Waals surface area (Å²) in [6.45, 7) is 6.83. The monoisotopic (exact) mass is 391 g/mol. The summed E-state index contributed by atoms with van der Waals surface area (Å²) in [5.41, 5.74) is 0.920. The van der Waals surface area contributed by atoms with Crippen molar-refractivity contribution in [3.8, 4) is 0 Å². The van der Waals surface area contributed by atoms with Crippen molar-refractivity contribution >= 4 is 60.8 Å². The Morgan fingerprint density at radius 3 is 2.96 bits per heavy atom. The van der Waals surface area contributed by atoms with Crippen LogP contribution in [0.4, 0.5) is 10.3 Å². The number of para-hydroxylation sites is 1. The number of aromatic nitrogens is 3. The Hall–Kier alpha value is -1.97. The number of anilines is 2. The van der Waals surface area contributed by atoms with Crippen LogP contribution in [0.5, 0.6) is 0 Å². The van der Waals surface area contributed by atoms with E-state index in [1.165, 1.54) is 34.4 Å². The number of nitrogens with one attached hydrogen (secondary N) is 1. The zero-order valence-corrected chi connectivity index (χ0v) is 16.1. The number of carbonyl (C=O) groups excluding carboxylic acids is 1. The van der Waals surface area contributed by atoms with Gasteiger partial charge in [0.2, 0.25) is 11.0 Å². The Balaban J connectivity index is 1.64. The third-order valence-corrected chi connectivity index (χ3v) is 6.31. The molecular formula is C16H17N5OS3. The van der Waals surface area contributed by atoms with E-state index >= 15 is 0 Å². The van der Waals surface area contributed by atoms with Gasteiger partial charge in [0.1, 0.15) is 0 Å². The molecule has 0 aliphatic carbocycles. The summed E-state index contributed by atoms with van der Waals surface area (Å²) >= 11 is 4.36. The molecule has 1 aromatic carbocycles. The van der Waals surface area contributed by atoms with Crippen LogP contribution in [0.2, 0.25) is 0 Å². The molecule has 1 amide bonds. The second kappa shape index (κ2) is 8.41. The van der Waals surface area contributed by atoms with Gasteiger partial charge in [-0.2, -0.15) is 0 Å². The van der Waals surface area contributed by atoms with Crippen LogP contribution in [0.25, 0.3) is 10.2 Å². The minimum Gasteiger partial charge on any atom is -0.357 e. The maximum Gasteiger partial charge on any atom is 0.239 e. The highest BCUT2D eigenvalue weighted by Gasteiger charge is 2.19. The number of nitrogens with zero attached hydrogens (tertiary/aromatic N) is 4. The minimum absolute atomic E-state index is 0.0161. The molecule has 0 spiro atoms. The first-order chi connectivity index (χ1) is 12.2. The predicted octanol–water partition coefficient (Wildman–Crippen LogP) is 3.89. The summed E-state index contributed by atoms with van der Waals surface area (Å²) in [4.78, 5) is 18.9. The average molecular weight is 392 g/mol. The van der Waals surface area contributed by atoms with Gasteiger partial charge in [-0.15, -0.1) is 16.8 Å². The van der Waals surface area contributed by atoms with E-state index in [-0.39, 0.29) is 5.91 Å². The van der Waals surface area contributed by atoms with E-state index in [1.54, 1.807) is 11.0 Å². The van der Waals surface area contributed by atoms with E-state index in [9.17, 15) is 4.79 Å². The second-order valence-electron chi connectivity index (χ2n) is 4.93. The van der Waals surface area contributed by atoms with Gasteiger partial charge >= 0.3 is 0 Å². The first-order valence-electron chi connectivity index (χ1n) is 7.68. The minimum atomic E-state index is 0.0161. The topological polar surface area (TPSA) is 71.0 Å². The number of thioether (sulfide) groups is 1. The van der Waals surface area contributed by atoms with Gasteiger partial charge in [-0.3, -0.25) is 9.69 Å². The molecule has 1 N–H and O–H groups in total. The van der Waals surface area contributed by atoms with Gasteiger partial charge < -0.3 is 5.32 Å². The Labute approximate surface area is 158 Å². The molecule has 0 aliphatic rings. The summed E-state index contributed by atoms with van der Waals surface area (Å²) in [5, 5.41) is 12.7. The Morgan fingerprint density at radius 2 is 2.20 bits per heavy atom. The molecule has 9 heteroatoms. The van der Waals surface area contributed by atoms with E-state index in [0.29, 0.717) is 18.8 Å². The standard InChI is InChI=1S/C16H17N5OS3/c1-3-9-17-14-19-20-16(25-14)23-10-13(22)21(4-2)15-18-11-7-5-6-8-12(11)24-15/h3,5-8H,1,4,9-10H2,2H3,(H,17,19). The van der Waals surface area contributed by atoms with Crippen molar-refractivity contribution in [3.63, 3.8) is 0 Å². The number of rotatable bonds is 8. The lowest BCUT2D eigenvalue weighted by Crippen LogP contribution is -2.31. The Bertz CT molecular complexity index is 842. The van der Waals surface area contributed by atoms with Crippen LogP contribution in [0.1, 0.15) is 6.92 Å². The maximum absolute atomic E-state index is 12.6. The van der Waals surface area contributed by atoms with Crippen LogP contribution in [0.15, 0.2) is 41.3 Å². The molecular weight excluding hydrogens is 374 g/mol. The molecule has 0 saturated carbocycles. The lowest BCUT2D eigenvalue weighted by atomic mass is 10.3. The van der Waals surface area contributed by atoms with Crippen molar-refractivity contribution in [2.75, 3.05) is 29.1 Å². The van der Waals surface area contributed by atoms with E-state index < -0.39 is 0 Å². The van der Waals surface area contributed by atoms with Crippen LogP contribution >= 0.6 is 34.4 Å². The van der Waals surface area contributed by atoms with Crippen molar-refractivity contribution in [1.29, 1.82) is 0 Å². The number of carbonyl (C=O) groups is 1. The SMILES string of the molecule is C=CCNc1nnc(SCC(=O)N(CC)c2nc3ccccc3s2)s1. The Morgan fingerprint density at radius 1 is 1.36 bits per heavy atom. The summed E-state index contributed by atoms with van der Waals surface area (Å²) in [6.07, 6.45) is 1.76. The van der Waals surface area contributed by atoms with E-state index in [2.05, 4.69) is 27.1 Å². The van der Waals surface area contributed by atoms with Gasteiger partial charge in [0.15, 0.2) is 9.47 Å². The van der Waals surface area contributed by atoms with Crippen molar-refractivity contribution in [1.82, 2.24) is 15.2 Å². The average Bonchev–Trinajstić information content (AvgIpc) is 3.25. The van der Waals surface area contributed by atoms with Crippen LogP contribution in [-0.4, -0.2) is 39.9 Å². The van der Waals surface area contributed by atoms with E-state index in [1.807, 2.05) is 31.2 Å². The summed E-state index contributed by atoms with van der Waals surface area (Å²) < 4.78 is 1.85. The van der Waals surface area contributed by atoms with Gasteiger partial charge in [-0.25, -0.2) is 4.98 Å². The number of benzene rings is 1. The largest absolute Gasteiger partial charge is 0.357 e.